The number of carbonyl (C=O) groups is 2. The molecule has 0 radical (unpaired) electrons. The Balaban J connectivity index is 1.03. The van der Waals surface area contributed by atoms with Gasteiger partial charge in [-0.1, -0.05) is 0 Å². The Hall–Kier alpha value is -3.50. The standard InChI is InChI=1S/C27H29N5O4S/c1-35-19-3-4-22-21(11-19)24(6-8-29-22)31-9-7-17(14-31)12-28-13-20-15-32(27(34)36-20)18-2-5-25-23(10-18)30-26(33)16-37-25/h2-6,8,10-11,17,20,28H,7,9,12-16H2,1H3,(H,30,33)/t17-,20+/m0/s1. The summed E-state index contributed by atoms with van der Waals surface area (Å²) in [6, 6.07) is 13.8. The van der Waals surface area contributed by atoms with Crippen molar-refractivity contribution in [3.05, 3.63) is 48.7 Å². The lowest BCUT2D eigenvalue weighted by Crippen LogP contribution is -2.34. The van der Waals surface area contributed by atoms with Crippen molar-refractivity contribution < 1.29 is 19.1 Å². The second kappa shape index (κ2) is 10.1. The predicted octanol–water partition coefficient (Wildman–Crippen LogP) is 3.73. The molecule has 0 spiro atoms. The minimum atomic E-state index is -0.353. The first-order valence-electron chi connectivity index (χ1n) is 12.5. The van der Waals surface area contributed by atoms with Crippen molar-refractivity contribution in [1.82, 2.24) is 10.3 Å². The van der Waals surface area contributed by atoms with Gasteiger partial charge in [-0.25, -0.2) is 4.79 Å². The molecule has 4 heterocycles. The zero-order chi connectivity index (χ0) is 25.4. The van der Waals surface area contributed by atoms with E-state index < -0.39 is 0 Å². The van der Waals surface area contributed by atoms with E-state index >= 15 is 0 Å². The van der Waals surface area contributed by atoms with Gasteiger partial charge in [-0.15, -0.1) is 11.8 Å². The molecular formula is C27H29N5O4S. The summed E-state index contributed by atoms with van der Waals surface area (Å²) in [6.07, 6.45) is 2.39. The third-order valence-corrected chi connectivity index (χ3v) is 8.21. The molecule has 3 aliphatic heterocycles. The van der Waals surface area contributed by atoms with Crippen molar-refractivity contribution in [1.29, 1.82) is 0 Å². The van der Waals surface area contributed by atoms with Crippen LogP contribution in [0.15, 0.2) is 53.6 Å². The fraction of sp³-hybridized carbons (Fsp3) is 0.370. The quantitative estimate of drug-likeness (QED) is 0.488. The van der Waals surface area contributed by atoms with Crippen LogP contribution in [0.4, 0.5) is 21.9 Å². The first-order valence-corrected chi connectivity index (χ1v) is 13.5. The molecule has 192 valence electrons. The van der Waals surface area contributed by atoms with E-state index in [9.17, 15) is 9.59 Å². The second-order valence-electron chi connectivity index (χ2n) is 9.61. The van der Waals surface area contributed by atoms with Gasteiger partial charge in [-0.05, 0) is 61.3 Å². The molecule has 2 N–H and O–H groups in total. The summed E-state index contributed by atoms with van der Waals surface area (Å²) in [5, 5.41) is 7.51. The van der Waals surface area contributed by atoms with Crippen LogP contribution in [0.3, 0.4) is 0 Å². The summed E-state index contributed by atoms with van der Waals surface area (Å²) in [6.45, 7) is 3.89. The maximum atomic E-state index is 12.6. The molecule has 2 aromatic carbocycles. The molecule has 37 heavy (non-hydrogen) atoms. The number of aromatic nitrogens is 1. The number of cyclic esters (lactones) is 1. The number of thioether (sulfide) groups is 1. The average Bonchev–Trinajstić information content (AvgIpc) is 3.54. The SMILES string of the molecule is COc1ccc2nccc(N3CC[C@@H](CNC[C@@H]4CN(c5ccc6c(c5)NC(=O)CS6)C(=O)O4)C3)c2c1. The Kier molecular flexibility index (Phi) is 6.52. The Morgan fingerprint density at radius 1 is 1.16 bits per heavy atom. The van der Waals surface area contributed by atoms with Crippen LogP contribution in [0.1, 0.15) is 6.42 Å². The van der Waals surface area contributed by atoms with Gasteiger partial charge in [-0.3, -0.25) is 14.7 Å². The van der Waals surface area contributed by atoms with Crippen LogP contribution in [-0.4, -0.2) is 68.7 Å². The van der Waals surface area contributed by atoms with Gasteiger partial charge in [-0.2, -0.15) is 0 Å². The lowest BCUT2D eigenvalue weighted by atomic mass is 10.1. The lowest BCUT2D eigenvalue weighted by Gasteiger charge is -2.21. The first kappa shape index (κ1) is 23.9. The number of hydrogen-bond acceptors (Lipinski definition) is 8. The van der Waals surface area contributed by atoms with E-state index in [0.29, 0.717) is 24.8 Å². The molecule has 2 saturated heterocycles. The number of fused-ring (bicyclic) bond motifs is 2. The molecule has 0 aliphatic carbocycles. The molecule has 3 aliphatic rings. The Bertz CT molecular complexity index is 1350. The third kappa shape index (κ3) is 4.91. The minimum absolute atomic E-state index is 0.0250. The van der Waals surface area contributed by atoms with Gasteiger partial charge in [0.05, 0.1) is 30.6 Å². The van der Waals surface area contributed by atoms with Crippen LogP contribution in [0, 0.1) is 5.92 Å². The van der Waals surface area contributed by atoms with E-state index in [1.54, 1.807) is 12.0 Å². The molecule has 9 nitrogen and oxygen atoms in total. The van der Waals surface area contributed by atoms with Crippen molar-refractivity contribution in [2.75, 3.05) is 60.7 Å². The minimum Gasteiger partial charge on any atom is -0.497 e. The van der Waals surface area contributed by atoms with E-state index in [0.717, 1.165) is 59.0 Å². The topological polar surface area (TPSA) is 96.0 Å². The summed E-state index contributed by atoms with van der Waals surface area (Å²) in [7, 11) is 1.68. The fourth-order valence-electron chi connectivity index (χ4n) is 5.26. The molecule has 2 atom stereocenters. The molecule has 0 unspecified atom stereocenters. The molecule has 10 heteroatoms. The number of hydrogen-bond donors (Lipinski definition) is 2. The van der Waals surface area contributed by atoms with Crippen LogP contribution < -0.4 is 25.2 Å². The highest BCUT2D eigenvalue weighted by Crippen LogP contribution is 2.36. The molecule has 6 rings (SSSR count). The smallest absolute Gasteiger partial charge is 0.414 e. The zero-order valence-electron chi connectivity index (χ0n) is 20.6. The number of carbonyl (C=O) groups excluding carboxylic acids is 2. The number of benzene rings is 2. The van der Waals surface area contributed by atoms with E-state index in [1.165, 1.54) is 17.4 Å². The Morgan fingerprint density at radius 3 is 2.97 bits per heavy atom. The molecule has 0 saturated carbocycles. The predicted molar refractivity (Wildman–Crippen MR) is 145 cm³/mol. The number of amides is 2. The maximum Gasteiger partial charge on any atom is 0.414 e. The number of ether oxygens (including phenoxy) is 2. The Morgan fingerprint density at radius 2 is 2.08 bits per heavy atom. The van der Waals surface area contributed by atoms with Gasteiger partial charge in [0, 0.05) is 47.5 Å². The molecule has 1 aromatic heterocycles. The van der Waals surface area contributed by atoms with Gasteiger partial charge in [0.15, 0.2) is 0 Å². The van der Waals surface area contributed by atoms with Crippen molar-refractivity contribution in [3.8, 4) is 5.75 Å². The van der Waals surface area contributed by atoms with Crippen molar-refractivity contribution in [2.24, 2.45) is 5.92 Å². The van der Waals surface area contributed by atoms with E-state index in [2.05, 4.69) is 32.7 Å². The fourth-order valence-corrected chi connectivity index (χ4v) is 6.05. The van der Waals surface area contributed by atoms with Crippen LogP contribution >= 0.6 is 11.8 Å². The number of nitrogens with zero attached hydrogens (tertiary/aromatic N) is 3. The Labute approximate surface area is 219 Å². The maximum absolute atomic E-state index is 12.6. The largest absolute Gasteiger partial charge is 0.497 e. The highest BCUT2D eigenvalue weighted by Gasteiger charge is 2.33. The number of anilines is 3. The summed E-state index contributed by atoms with van der Waals surface area (Å²) >= 11 is 1.50. The summed E-state index contributed by atoms with van der Waals surface area (Å²) in [5.41, 5.74) is 3.64. The van der Waals surface area contributed by atoms with Crippen LogP contribution in [0.25, 0.3) is 10.9 Å². The number of methoxy groups -OCH3 is 1. The van der Waals surface area contributed by atoms with E-state index in [4.69, 9.17) is 9.47 Å². The van der Waals surface area contributed by atoms with E-state index in [-0.39, 0.29) is 18.1 Å². The monoisotopic (exact) mass is 519 g/mol. The number of nitrogens with one attached hydrogen (secondary N) is 2. The second-order valence-corrected chi connectivity index (χ2v) is 10.6. The van der Waals surface area contributed by atoms with Gasteiger partial charge in [0.2, 0.25) is 5.91 Å². The van der Waals surface area contributed by atoms with Crippen LogP contribution in [-0.2, 0) is 9.53 Å². The third-order valence-electron chi connectivity index (χ3n) is 7.14. The van der Waals surface area contributed by atoms with Crippen molar-refractivity contribution >= 4 is 51.7 Å². The van der Waals surface area contributed by atoms with E-state index in [1.807, 2.05) is 36.5 Å². The first-order chi connectivity index (χ1) is 18.1. The van der Waals surface area contributed by atoms with Crippen LogP contribution in [0.2, 0.25) is 0 Å². The zero-order valence-corrected chi connectivity index (χ0v) is 21.4. The highest BCUT2D eigenvalue weighted by atomic mass is 32.2. The molecule has 3 aromatic rings. The van der Waals surface area contributed by atoms with Gasteiger partial charge in [0.25, 0.3) is 0 Å². The molecule has 2 amide bonds. The number of rotatable bonds is 7. The molecular weight excluding hydrogens is 490 g/mol. The van der Waals surface area contributed by atoms with Crippen molar-refractivity contribution in [2.45, 2.75) is 17.4 Å². The lowest BCUT2D eigenvalue weighted by molar-refractivity contribution is -0.113. The molecule has 2 fully saturated rings. The van der Waals surface area contributed by atoms with Crippen LogP contribution in [0.5, 0.6) is 5.75 Å². The summed E-state index contributed by atoms with van der Waals surface area (Å²) < 4.78 is 11.0. The van der Waals surface area contributed by atoms with Gasteiger partial charge < -0.3 is 25.0 Å². The van der Waals surface area contributed by atoms with Gasteiger partial charge >= 0.3 is 6.09 Å². The average molecular weight is 520 g/mol. The molecule has 0 bridgehead atoms. The van der Waals surface area contributed by atoms with Gasteiger partial charge in [0.1, 0.15) is 11.9 Å². The van der Waals surface area contributed by atoms with Crippen molar-refractivity contribution in [3.63, 3.8) is 0 Å². The normalized spacial score (nSPS) is 21.2. The summed E-state index contributed by atoms with van der Waals surface area (Å²) in [4.78, 5) is 33.8. The summed E-state index contributed by atoms with van der Waals surface area (Å²) in [5.74, 6) is 1.73. The number of pyridine rings is 1. The highest BCUT2D eigenvalue weighted by molar-refractivity contribution is 8.00.